The van der Waals surface area contributed by atoms with Crippen molar-refractivity contribution in [1.82, 2.24) is 0 Å². The lowest BCUT2D eigenvalue weighted by molar-refractivity contribution is -0.167. The third-order valence-corrected chi connectivity index (χ3v) is 9.40. The van der Waals surface area contributed by atoms with Crippen LogP contribution in [0.1, 0.15) is 194 Å². The number of hydrogen-bond acceptors (Lipinski definition) is 6. The van der Waals surface area contributed by atoms with Crippen molar-refractivity contribution in [3.05, 3.63) is 97.2 Å². The number of unbranched alkanes of at least 4 members (excludes halogenated alkanes) is 16. The average molecular weight is 805 g/mol. The zero-order valence-electron chi connectivity index (χ0n) is 37.3. The van der Waals surface area contributed by atoms with Crippen LogP contribution in [-0.2, 0) is 28.6 Å². The molecule has 0 aromatic carbocycles. The van der Waals surface area contributed by atoms with Crippen LogP contribution < -0.4 is 0 Å². The average Bonchev–Trinajstić information content (AvgIpc) is 3.22. The van der Waals surface area contributed by atoms with Gasteiger partial charge in [-0.05, 0) is 89.9 Å². The van der Waals surface area contributed by atoms with Crippen LogP contribution in [0.25, 0.3) is 0 Å². The van der Waals surface area contributed by atoms with E-state index in [-0.39, 0.29) is 37.5 Å². The van der Waals surface area contributed by atoms with Crippen molar-refractivity contribution in [3.63, 3.8) is 0 Å². The molecule has 0 N–H and O–H groups in total. The van der Waals surface area contributed by atoms with Crippen LogP contribution in [0.4, 0.5) is 0 Å². The Hall–Kier alpha value is -3.67. The standard InChI is InChI=1S/C52H84O6/c1-4-7-10-13-16-19-22-24-25-26-28-30-33-36-39-42-45-51(54)57-48-49(47-56-50(53)44-41-38-35-32-29-21-18-15-12-9-6-3)58-52(55)46-43-40-37-34-31-27-23-20-17-14-11-8-5-2/h7-8,10-11,14-20,23-25,27,31,49H,4-6,9,12-13,21-22,26,28-30,32-48H2,1-3H3/b10-7-,11-8-,17-14-,18-15-,19-16-,23-20-,25-24-,31-27-. The Kier molecular flexibility index (Phi) is 43.1. The van der Waals surface area contributed by atoms with Gasteiger partial charge in [-0.25, -0.2) is 0 Å². The molecule has 0 aromatic heterocycles. The summed E-state index contributed by atoms with van der Waals surface area (Å²) in [5, 5.41) is 0. The lowest BCUT2D eigenvalue weighted by atomic mass is 10.1. The van der Waals surface area contributed by atoms with Crippen LogP contribution in [-0.4, -0.2) is 37.2 Å². The van der Waals surface area contributed by atoms with E-state index in [1.54, 1.807) is 0 Å². The van der Waals surface area contributed by atoms with E-state index in [2.05, 4.69) is 81.5 Å². The third-order valence-electron chi connectivity index (χ3n) is 9.40. The minimum absolute atomic E-state index is 0.104. The highest BCUT2D eigenvalue weighted by Gasteiger charge is 2.19. The molecular weight excluding hydrogens is 721 g/mol. The Morgan fingerprint density at radius 3 is 1.29 bits per heavy atom. The molecule has 6 nitrogen and oxygen atoms in total. The van der Waals surface area contributed by atoms with Crippen molar-refractivity contribution in [2.45, 2.75) is 200 Å². The van der Waals surface area contributed by atoms with Crippen LogP contribution in [0.3, 0.4) is 0 Å². The highest BCUT2D eigenvalue weighted by molar-refractivity contribution is 5.71. The zero-order valence-corrected chi connectivity index (χ0v) is 37.3. The minimum atomic E-state index is -0.806. The molecule has 0 aliphatic heterocycles. The number of hydrogen-bond donors (Lipinski definition) is 0. The number of ether oxygens (including phenoxy) is 3. The van der Waals surface area contributed by atoms with Gasteiger partial charge in [0, 0.05) is 19.3 Å². The van der Waals surface area contributed by atoms with Gasteiger partial charge in [-0.2, -0.15) is 0 Å². The molecule has 0 aliphatic carbocycles. The van der Waals surface area contributed by atoms with Gasteiger partial charge in [0.15, 0.2) is 6.10 Å². The first-order chi connectivity index (χ1) is 28.5. The van der Waals surface area contributed by atoms with Gasteiger partial charge in [-0.15, -0.1) is 0 Å². The molecule has 58 heavy (non-hydrogen) atoms. The second-order valence-corrected chi connectivity index (χ2v) is 15.0. The first kappa shape index (κ1) is 54.3. The van der Waals surface area contributed by atoms with Crippen molar-refractivity contribution in [2.24, 2.45) is 0 Å². The largest absolute Gasteiger partial charge is 0.462 e. The van der Waals surface area contributed by atoms with Gasteiger partial charge in [0.05, 0.1) is 0 Å². The Morgan fingerprint density at radius 2 is 0.759 bits per heavy atom. The Morgan fingerprint density at radius 1 is 0.379 bits per heavy atom. The molecule has 0 heterocycles. The number of rotatable bonds is 40. The molecule has 0 bridgehead atoms. The van der Waals surface area contributed by atoms with Gasteiger partial charge in [-0.1, -0.05) is 182 Å². The second-order valence-electron chi connectivity index (χ2n) is 15.0. The maximum absolute atomic E-state index is 12.7. The fourth-order valence-corrected chi connectivity index (χ4v) is 5.92. The van der Waals surface area contributed by atoms with Crippen LogP contribution >= 0.6 is 0 Å². The summed E-state index contributed by atoms with van der Waals surface area (Å²) in [5.74, 6) is -0.975. The molecular formula is C52H84O6. The molecule has 6 heteroatoms. The van der Waals surface area contributed by atoms with Gasteiger partial charge in [0.25, 0.3) is 0 Å². The van der Waals surface area contributed by atoms with Gasteiger partial charge in [0.2, 0.25) is 0 Å². The van der Waals surface area contributed by atoms with Crippen molar-refractivity contribution < 1.29 is 28.6 Å². The fourth-order valence-electron chi connectivity index (χ4n) is 5.92. The molecule has 0 aliphatic rings. The summed E-state index contributed by atoms with van der Waals surface area (Å²) in [6.45, 7) is 6.27. The lowest BCUT2D eigenvalue weighted by Gasteiger charge is -2.18. The Bertz CT molecular complexity index is 1200. The molecule has 0 fully saturated rings. The number of allylic oxidation sites excluding steroid dienone is 16. The van der Waals surface area contributed by atoms with E-state index in [1.807, 2.05) is 36.5 Å². The quantitative estimate of drug-likeness (QED) is 0.0202. The van der Waals surface area contributed by atoms with Crippen LogP contribution in [0.2, 0.25) is 0 Å². The zero-order chi connectivity index (χ0) is 42.3. The van der Waals surface area contributed by atoms with E-state index >= 15 is 0 Å². The molecule has 0 amide bonds. The molecule has 0 aromatic rings. The van der Waals surface area contributed by atoms with Gasteiger partial charge in [-0.3, -0.25) is 14.4 Å². The van der Waals surface area contributed by atoms with E-state index < -0.39 is 6.10 Å². The van der Waals surface area contributed by atoms with Gasteiger partial charge >= 0.3 is 17.9 Å². The molecule has 0 radical (unpaired) electrons. The van der Waals surface area contributed by atoms with Gasteiger partial charge in [0.1, 0.15) is 13.2 Å². The maximum atomic E-state index is 12.7. The summed E-state index contributed by atoms with van der Waals surface area (Å²) in [5.41, 5.74) is 0. The Labute approximate surface area is 356 Å². The summed E-state index contributed by atoms with van der Waals surface area (Å²) < 4.78 is 16.7. The van der Waals surface area contributed by atoms with E-state index in [9.17, 15) is 14.4 Å². The van der Waals surface area contributed by atoms with E-state index in [1.165, 1.54) is 38.5 Å². The number of carbonyl (C=O) groups excluding carboxylic acids is 3. The molecule has 0 spiro atoms. The second kappa shape index (κ2) is 46.0. The summed E-state index contributed by atoms with van der Waals surface area (Å²) in [7, 11) is 0. The molecule has 0 saturated carbocycles. The molecule has 1 unspecified atom stereocenters. The Balaban J connectivity index is 4.48. The summed E-state index contributed by atoms with van der Waals surface area (Å²) in [6.07, 6.45) is 59.6. The highest BCUT2D eigenvalue weighted by Crippen LogP contribution is 2.13. The summed E-state index contributed by atoms with van der Waals surface area (Å²) in [4.78, 5) is 37.8. The monoisotopic (exact) mass is 805 g/mol. The highest BCUT2D eigenvalue weighted by atomic mass is 16.6. The predicted molar refractivity (Wildman–Crippen MR) is 247 cm³/mol. The van der Waals surface area contributed by atoms with Crippen molar-refractivity contribution in [1.29, 1.82) is 0 Å². The third kappa shape index (κ3) is 43.5. The predicted octanol–water partition coefficient (Wildman–Crippen LogP) is 15.0. The van der Waals surface area contributed by atoms with Crippen molar-refractivity contribution >= 4 is 17.9 Å². The molecule has 328 valence electrons. The smallest absolute Gasteiger partial charge is 0.306 e. The SMILES string of the molecule is CC\C=C/C=C\C=C/C=C\CCCCCC(=O)OC(COC(=O)CCCCCCC/C=C\CCCC)COC(=O)CCCCCCCC/C=C\C/C=C\C/C=C\CC. The molecule has 0 saturated heterocycles. The van der Waals surface area contributed by atoms with Crippen LogP contribution in [0, 0.1) is 0 Å². The fraction of sp³-hybridized carbons (Fsp3) is 0.635. The van der Waals surface area contributed by atoms with Gasteiger partial charge < -0.3 is 14.2 Å². The molecule has 0 rings (SSSR count). The van der Waals surface area contributed by atoms with E-state index in [0.29, 0.717) is 19.3 Å². The lowest BCUT2D eigenvalue weighted by Crippen LogP contribution is -2.30. The maximum Gasteiger partial charge on any atom is 0.306 e. The number of esters is 3. The van der Waals surface area contributed by atoms with Crippen LogP contribution in [0.15, 0.2) is 97.2 Å². The van der Waals surface area contributed by atoms with E-state index in [4.69, 9.17) is 14.2 Å². The first-order valence-electron chi connectivity index (χ1n) is 23.3. The normalized spacial score (nSPS) is 12.9. The van der Waals surface area contributed by atoms with Crippen LogP contribution in [0.5, 0.6) is 0 Å². The topological polar surface area (TPSA) is 78.9 Å². The molecule has 1 atom stereocenters. The van der Waals surface area contributed by atoms with Crippen molar-refractivity contribution in [3.8, 4) is 0 Å². The summed E-state index contributed by atoms with van der Waals surface area (Å²) >= 11 is 0. The van der Waals surface area contributed by atoms with E-state index in [0.717, 1.165) is 109 Å². The summed E-state index contributed by atoms with van der Waals surface area (Å²) in [6, 6.07) is 0. The number of carbonyl (C=O) groups is 3. The minimum Gasteiger partial charge on any atom is -0.462 e. The first-order valence-corrected chi connectivity index (χ1v) is 23.3. The van der Waals surface area contributed by atoms with Crippen molar-refractivity contribution in [2.75, 3.05) is 13.2 Å².